The van der Waals surface area contributed by atoms with Crippen molar-refractivity contribution in [3.8, 4) is 6.07 Å². The minimum atomic E-state index is -0.246. The summed E-state index contributed by atoms with van der Waals surface area (Å²) in [7, 11) is 0. The quantitative estimate of drug-likeness (QED) is 0.880. The summed E-state index contributed by atoms with van der Waals surface area (Å²) in [6.07, 6.45) is 3.25. The van der Waals surface area contributed by atoms with Crippen LogP contribution >= 0.6 is 15.9 Å². The van der Waals surface area contributed by atoms with Crippen LogP contribution in [0.15, 0.2) is 22.7 Å². The number of urea groups is 1. The van der Waals surface area contributed by atoms with Crippen LogP contribution in [0.5, 0.6) is 0 Å². The Balaban J connectivity index is 2.04. The summed E-state index contributed by atoms with van der Waals surface area (Å²) < 4.78 is 0.829. The van der Waals surface area contributed by atoms with E-state index in [2.05, 4.69) is 26.6 Å². The average Bonchev–Trinajstić information content (AvgIpc) is 2.24. The summed E-state index contributed by atoms with van der Waals surface area (Å²) >= 11 is 3.31. The maximum Gasteiger partial charge on any atom is 0.319 e. The summed E-state index contributed by atoms with van der Waals surface area (Å²) in [5.41, 5.74) is 0.982. The van der Waals surface area contributed by atoms with Crippen molar-refractivity contribution in [2.75, 3.05) is 5.32 Å². The minimum Gasteiger partial charge on any atom is -0.335 e. The predicted molar refractivity (Wildman–Crippen MR) is 68.7 cm³/mol. The SMILES string of the molecule is N#Cc1ccc(Br)cc1NC(=O)NC1CCC1. The normalized spacial score (nSPS) is 14.6. The predicted octanol–water partition coefficient (Wildman–Crippen LogP) is 2.99. The van der Waals surface area contributed by atoms with Gasteiger partial charge in [-0.05, 0) is 37.5 Å². The Morgan fingerprint density at radius 2 is 2.24 bits per heavy atom. The van der Waals surface area contributed by atoms with Crippen LogP contribution in [0.25, 0.3) is 0 Å². The fraction of sp³-hybridized carbons (Fsp3) is 0.333. The van der Waals surface area contributed by atoms with E-state index in [-0.39, 0.29) is 12.1 Å². The number of benzene rings is 1. The van der Waals surface area contributed by atoms with Crippen molar-refractivity contribution in [2.45, 2.75) is 25.3 Å². The molecule has 88 valence electrons. The average molecular weight is 294 g/mol. The Kier molecular flexibility index (Phi) is 3.64. The molecule has 0 heterocycles. The highest BCUT2D eigenvalue weighted by Gasteiger charge is 2.19. The molecule has 1 aromatic carbocycles. The van der Waals surface area contributed by atoms with Gasteiger partial charge in [-0.1, -0.05) is 15.9 Å². The second-order valence-electron chi connectivity index (χ2n) is 4.03. The molecule has 1 aromatic rings. The molecule has 1 aliphatic carbocycles. The van der Waals surface area contributed by atoms with Gasteiger partial charge in [-0.3, -0.25) is 0 Å². The lowest BCUT2D eigenvalue weighted by Crippen LogP contribution is -2.41. The lowest BCUT2D eigenvalue weighted by Gasteiger charge is -2.26. The van der Waals surface area contributed by atoms with Crippen LogP contribution in [-0.2, 0) is 0 Å². The van der Waals surface area contributed by atoms with E-state index in [0.717, 1.165) is 17.3 Å². The molecule has 0 saturated heterocycles. The Morgan fingerprint density at radius 1 is 1.47 bits per heavy atom. The molecule has 0 radical (unpaired) electrons. The first-order valence-corrected chi connectivity index (χ1v) is 6.25. The maximum atomic E-state index is 11.6. The number of nitriles is 1. The molecule has 2 amide bonds. The summed E-state index contributed by atoms with van der Waals surface area (Å²) in [6.45, 7) is 0. The van der Waals surface area contributed by atoms with E-state index in [9.17, 15) is 4.79 Å². The molecule has 0 unspecified atom stereocenters. The Bertz CT molecular complexity index is 477. The van der Waals surface area contributed by atoms with Gasteiger partial charge in [0.2, 0.25) is 0 Å². The van der Waals surface area contributed by atoms with Gasteiger partial charge in [0.05, 0.1) is 11.3 Å². The second kappa shape index (κ2) is 5.19. The monoisotopic (exact) mass is 293 g/mol. The zero-order valence-electron chi connectivity index (χ0n) is 9.16. The zero-order chi connectivity index (χ0) is 12.3. The molecule has 17 heavy (non-hydrogen) atoms. The van der Waals surface area contributed by atoms with Gasteiger partial charge in [0.15, 0.2) is 0 Å². The summed E-state index contributed by atoms with van der Waals surface area (Å²) in [5.74, 6) is 0. The van der Waals surface area contributed by atoms with Crippen molar-refractivity contribution in [2.24, 2.45) is 0 Å². The van der Waals surface area contributed by atoms with Gasteiger partial charge < -0.3 is 10.6 Å². The van der Waals surface area contributed by atoms with E-state index >= 15 is 0 Å². The molecule has 0 aromatic heterocycles. The molecule has 1 fully saturated rings. The molecule has 0 aliphatic heterocycles. The molecule has 1 saturated carbocycles. The number of anilines is 1. The number of hydrogen-bond donors (Lipinski definition) is 2. The van der Waals surface area contributed by atoms with Crippen LogP contribution in [0.4, 0.5) is 10.5 Å². The smallest absolute Gasteiger partial charge is 0.319 e. The number of nitrogens with one attached hydrogen (secondary N) is 2. The highest BCUT2D eigenvalue weighted by molar-refractivity contribution is 9.10. The number of nitrogens with zero attached hydrogens (tertiary/aromatic N) is 1. The Hall–Kier alpha value is -1.54. The van der Waals surface area contributed by atoms with E-state index in [1.54, 1.807) is 18.2 Å². The molecule has 2 N–H and O–H groups in total. The fourth-order valence-corrected chi connectivity index (χ4v) is 1.97. The fourth-order valence-electron chi connectivity index (χ4n) is 1.61. The van der Waals surface area contributed by atoms with E-state index in [0.29, 0.717) is 11.3 Å². The van der Waals surface area contributed by atoms with Crippen LogP contribution in [0.1, 0.15) is 24.8 Å². The van der Waals surface area contributed by atoms with Crippen LogP contribution in [0.3, 0.4) is 0 Å². The van der Waals surface area contributed by atoms with Crippen LogP contribution in [-0.4, -0.2) is 12.1 Å². The highest BCUT2D eigenvalue weighted by atomic mass is 79.9. The zero-order valence-corrected chi connectivity index (χ0v) is 10.8. The van der Waals surface area contributed by atoms with Crippen molar-refractivity contribution in [1.29, 1.82) is 5.26 Å². The lowest BCUT2D eigenvalue weighted by atomic mass is 9.93. The van der Waals surface area contributed by atoms with Crippen molar-refractivity contribution in [1.82, 2.24) is 5.32 Å². The topological polar surface area (TPSA) is 64.9 Å². The van der Waals surface area contributed by atoms with Crippen LogP contribution in [0.2, 0.25) is 0 Å². The van der Waals surface area contributed by atoms with Gasteiger partial charge in [0.25, 0.3) is 0 Å². The van der Waals surface area contributed by atoms with Gasteiger partial charge >= 0.3 is 6.03 Å². The Labute approximate surface area is 108 Å². The van der Waals surface area contributed by atoms with Gasteiger partial charge in [0, 0.05) is 10.5 Å². The molecule has 0 bridgehead atoms. The number of amides is 2. The number of hydrogen-bond acceptors (Lipinski definition) is 2. The summed E-state index contributed by atoms with van der Waals surface area (Å²) in [6, 6.07) is 7.25. The first kappa shape index (κ1) is 11.9. The molecular formula is C12H12BrN3O. The lowest BCUT2D eigenvalue weighted by molar-refractivity contribution is 0.240. The standard InChI is InChI=1S/C12H12BrN3O/c13-9-5-4-8(7-14)11(6-9)16-12(17)15-10-2-1-3-10/h4-6,10H,1-3H2,(H2,15,16,17). The largest absolute Gasteiger partial charge is 0.335 e. The molecule has 4 nitrogen and oxygen atoms in total. The van der Waals surface area contributed by atoms with E-state index < -0.39 is 0 Å². The maximum absolute atomic E-state index is 11.6. The van der Waals surface area contributed by atoms with Gasteiger partial charge in [-0.25, -0.2) is 4.79 Å². The van der Waals surface area contributed by atoms with Crippen molar-refractivity contribution in [3.05, 3.63) is 28.2 Å². The summed E-state index contributed by atoms with van der Waals surface area (Å²) in [5, 5.41) is 14.5. The first-order chi connectivity index (χ1) is 8.19. The molecule has 0 spiro atoms. The summed E-state index contributed by atoms with van der Waals surface area (Å²) in [4.78, 5) is 11.6. The molecule has 5 heteroatoms. The molecule has 0 atom stereocenters. The molecule has 1 aliphatic rings. The number of carbonyl (C=O) groups is 1. The molecular weight excluding hydrogens is 282 g/mol. The minimum absolute atomic E-state index is 0.246. The third-order valence-corrected chi connectivity index (χ3v) is 3.28. The second-order valence-corrected chi connectivity index (χ2v) is 4.94. The third kappa shape index (κ3) is 2.98. The van der Waals surface area contributed by atoms with Gasteiger partial charge in [-0.2, -0.15) is 5.26 Å². The van der Waals surface area contributed by atoms with Gasteiger partial charge in [0.1, 0.15) is 6.07 Å². The highest BCUT2D eigenvalue weighted by Crippen LogP contribution is 2.21. The van der Waals surface area contributed by atoms with E-state index in [1.165, 1.54) is 6.42 Å². The molecule has 2 rings (SSSR count). The van der Waals surface area contributed by atoms with Crippen LogP contribution < -0.4 is 10.6 Å². The number of carbonyl (C=O) groups excluding carboxylic acids is 1. The Morgan fingerprint density at radius 3 is 2.82 bits per heavy atom. The van der Waals surface area contributed by atoms with Crippen molar-refractivity contribution in [3.63, 3.8) is 0 Å². The third-order valence-electron chi connectivity index (χ3n) is 2.79. The van der Waals surface area contributed by atoms with E-state index in [4.69, 9.17) is 5.26 Å². The number of rotatable bonds is 2. The van der Waals surface area contributed by atoms with E-state index in [1.807, 2.05) is 6.07 Å². The van der Waals surface area contributed by atoms with Crippen molar-refractivity contribution < 1.29 is 4.79 Å². The van der Waals surface area contributed by atoms with Gasteiger partial charge in [-0.15, -0.1) is 0 Å². The first-order valence-electron chi connectivity index (χ1n) is 5.46. The number of halogens is 1. The van der Waals surface area contributed by atoms with Crippen molar-refractivity contribution >= 4 is 27.6 Å². The van der Waals surface area contributed by atoms with Crippen LogP contribution in [0, 0.1) is 11.3 Å².